The van der Waals surface area contributed by atoms with Crippen LogP contribution in [-0.4, -0.2) is 17.1 Å². The van der Waals surface area contributed by atoms with Crippen LogP contribution in [0.4, 0.5) is 0 Å². The summed E-state index contributed by atoms with van der Waals surface area (Å²) in [5.74, 6) is -0.228. The standard InChI is InChI=1S/C17H14ClN2O6P.2Na/c1-25-16-8-11(4-7-15(16)26-27(22,23)24)14-9-13(19-17(21)20-14)10-2-5-12(18)6-3-10;;/h2-9H,1H3,(H,19,20,21)(H2,22,23,24);;/q;2*+1/p-2. The first-order valence-corrected chi connectivity index (χ1v) is 9.36. The van der Waals surface area contributed by atoms with E-state index in [4.69, 9.17) is 16.3 Å². The van der Waals surface area contributed by atoms with Crippen molar-refractivity contribution in [3.05, 3.63) is 64.0 Å². The number of hydrogen-bond acceptors (Lipinski definition) is 7. The minimum Gasteiger partial charge on any atom is -0.780 e. The zero-order valence-electron chi connectivity index (χ0n) is 15.8. The number of aromatic nitrogens is 2. The van der Waals surface area contributed by atoms with Gasteiger partial charge in [-0.05, 0) is 36.4 Å². The molecule has 12 heteroatoms. The largest absolute Gasteiger partial charge is 1.00 e. The molecule has 0 radical (unpaired) electrons. The van der Waals surface area contributed by atoms with Crippen molar-refractivity contribution in [2.24, 2.45) is 0 Å². The predicted molar refractivity (Wildman–Crippen MR) is 95.5 cm³/mol. The van der Waals surface area contributed by atoms with Gasteiger partial charge in [-0.25, -0.2) is 4.79 Å². The number of methoxy groups -OCH3 is 1. The Labute approximate surface area is 215 Å². The van der Waals surface area contributed by atoms with Gasteiger partial charge >= 0.3 is 64.8 Å². The van der Waals surface area contributed by atoms with E-state index in [1.54, 1.807) is 30.3 Å². The Hall–Kier alpha value is -0.640. The second-order valence-corrected chi connectivity index (χ2v) is 6.91. The van der Waals surface area contributed by atoms with Crippen LogP contribution in [0, 0.1) is 0 Å². The first kappa shape index (κ1) is 26.4. The van der Waals surface area contributed by atoms with E-state index in [2.05, 4.69) is 14.5 Å². The molecule has 0 fully saturated rings. The van der Waals surface area contributed by atoms with Crippen LogP contribution >= 0.6 is 19.4 Å². The molecule has 1 heterocycles. The molecule has 0 spiro atoms. The molecule has 0 bridgehead atoms. The van der Waals surface area contributed by atoms with Crippen LogP contribution in [0.1, 0.15) is 0 Å². The fourth-order valence-electron chi connectivity index (χ4n) is 2.41. The van der Waals surface area contributed by atoms with E-state index < -0.39 is 13.5 Å². The van der Waals surface area contributed by atoms with E-state index >= 15 is 0 Å². The van der Waals surface area contributed by atoms with Crippen molar-refractivity contribution >= 4 is 19.4 Å². The van der Waals surface area contributed by atoms with Crippen LogP contribution in [0.5, 0.6) is 11.5 Å². The fourth-order valence-corrected chi connectivity index (χ4v) is 2.93. The van der Waals surface area contributed by atoms with Gasteiger partial charge in [-0.15, -0.1) is 0 Å². The van der Waals surface area contributed by atoms with Crippen LogP contribution in [0.25, 0.3) is 22.5 Å². The average molecular weight is 453 g/mol. The number of aromatic amines is 1. The Morgan fingerprint density at radius 1 is 1.00 bits per heavy atom. The maximum absolute atomic E-state index is 12.0. The molecule has 0 amide bonds. The van der Waals surface area contributed by atoms with Crippen LogP contribution < -0.4 is 83.9 Å². The van der Waals surface area contributed by atoms with Gasteiger partial charge in [-0.1, -0.05) is 23.7 Å². The molecular weight excluding hydrogens is 441 g/mol. The van der Waals surface area contributed by atoms with Gasteiger partial charge in [0.25, 0.3) is 0 Å². The van der Waals surface area contributed by atoms with Gasteiger partial charge in [0.1, 0.15) is 7.82 Å². The molecular formula is C17H12ClN2Na2O6P. The molecule has 0 aliphatic carbocycles. The van der Waals surface area contributed by atoms with Crippen molar-refractivity contribution in [1.29, 1.82) is 0 Å². The van der Waals surface area contributed by atoms with Crippen molar-refractivity contribution in [2.45, 2.75) is 0 Å². The molecule has 8 nitrogen and oxygen atoms in total. The second-order valence-electron chi connectivity index (χ2n) is 5.40. The van der Waals surface area contributed by atoms with Gasteiger partial charge in [0, 0.05) is 16.1 Å². The average Bonchev–Trinajstić information content (AvgIpc) is 2.61. The fraction of sp³-hybridized carbons (Fsp3) is 0.0588. The van der Waals surface area contributed by atoms with Gasteiger partial charge in [-0.2, -0.15) is 4.98 Å². The molecule has 3 aromatic rings. The van der Waals surface area contributed by atoms with Gasteiger partial charge in [0.15, 0.2) is 11.5 Å². The Morgan fingerprint density at radius 3 is 2.21 bits per heavy atom. The van der Waals surface area contributed by atoms with E-state index in [0.29, 0.717) is 27.5 Å². The number of benzene rings is 2. The number of rotatable bonds is 5. The predicted octanol–water partition coefficient (Wildman–Crippen LogP) is -4.02. The molecule has 0 unspecified atom stereocenters. The quantitative estimate of drug-likeness (QED) is 0.308. The molecule has 140 valence electrons. The number of phosphoric ester groups is 1. The van der Waals surface area contributed by atoms with Gasteiger partial charge < -0.3 is 28.6 Å². The van der Waals surface area contributed by atoms with E-state index in [1.807, 2.05) is 0 Å². The number of halogens is 1. The summed E-state index contributed by atoms with van der Waals surface area (Å²) in [6.45, 7) is 0. The second kappa shape index (κ2) is 11.1. The Bertz CT molecular complexity index is 1090. The van der Waals surface area contributed by atoms with E-state index in [-0.39, 0.29) is 70.6 Å². The number of nitrogens with zero attached hydrogens (tertiary/aromatic N) is 1. The molecule has 0 atom stereocenters. The summed E-state index contributed by atoms with van der Waals surface area (Å²) < 4.78 is 20.3. The summed E-state index contributed by atoms with van der Waals surface area (Å²) in [4.78, 5) is 40.1. The number of hydrogen-bond donors (Lipinski definition) is 1. The molecule has 0 aliphatic heterocycles. The smallest absolute Gasteiger partial charge is 0.780 e. The van der Waals surface area contributed by atoms with Crippen molar-refractivity contribution in [3.63, 3.8) is 0 Å². The first-order chi connectivity index (χ1) is 12.7. The summed E-state index contributed by atoms with van der Waals surface area (Å²) in [5, 5.41) is 0.554. The third kappa shape index (κ3) is 7.22. The molecule has 0 saturated heterocycles. The van der Waals surface area contributed by atoms with Crippen molar-refractivity contribution in [2.75, 3.05) is 7.11 Å². The Balaban J connectivity index is 0.00000210. The first-order valence-electron chi connectivity index (χ1n) is 7.52. The maximum Gasteiger partial charge on any atom is 1.00 e. The minimum atomic E-state index is -5.23. The van der Waals surface area contributed by atoms with Gasteiger partial charge in [0.2, 0.25) is 0 Å². The number of nitrogens with one attached hydrogen (secondary N) is 1. The summed E-state index contributed by atoms with van der Waals surface area (Å²) in [6.07, 6.45) is 0. The summed E-state index contributed by atoms with van der Waals surface area (Å²) in [7, 11) is -3.94. The van der Waals surface area contributed by atoms with E-state index in [1.165, 1.54) is 25.3 Å². The van der Waals surface area contributed by atoms with Crippen LogP contribution in [0.3, 0.4) is 0 Å². The minimum absolute atomic E-state index is 0. The SMILES string of the molecule is COc1cc(-c2cc(-c3ccc(Cl)cc3)nc(=O)[nH]2)ccc1OP(=O)([O-])[O-].[Na+].[Na+]. The summed E-state index contributed by atoms with van der Waals surface area (Å²) >= 11 is 5.87. The van der Waals surface area contributed by atoms with Crippen molar-refractivity contribution < 1.29 is 82.7 Å². The Morgan fingerprint density at radius 2 is 1.62 bits per heavy atom. The zero-order chi connectivity index (χ0) is 19.6. The molecule has 1 aromatic heterocycles. The normalized spacial score (nSPS) is 10.5. The van der Waals surface area contributed by atoms with Crippen LogP contribution in [-0.2, 0) is 4.57 Å². The molecule has 0 aliphatic rings. The monoisotopic (exact) mass is 452 g/mol. The zero-order valence-corrected chi connectivity index (χ0v) is 21.5. The summed E-state index contributed by atoms with van der Waals surface area (Å²) in [6, 6.07) is 12.6. The third-order valence-electron chi connectivity index (χ3n) is 3.57. The molecule has 0 saturated carbocycles. The van der Waals surface area contributed by atoms with Crippen LogP contribution in [0.15, 0.2) is 53.3 Å². The van der Waals surface area contributed by atoms with Crippen molar-refractivity contribution in [1.82, 2.24) is 9.97 Å². The van der Waals surface area contributed by atoms with E-state index in [0.717, 1.165) is 0 Å². The molecule has 1 N–H and O–H groups in total. The Kier molecular flexibility index (Phi) is 10.1. The van der Waals surface area contributed by atoms with E-state index in [9.17, 15) is 19.1 Å². The summed E-state index contributed by atoms with van der Waals surface area (Å²) in [5.41, 5.74) is 1.46. The van der Waals surface area contributed by atoms with Crippen molar-refractivity contribution in [3.8, 4) is 34.0 Å². The number of phosphoric acid groups is 1. The molecule has 29 heavy (non-hydrogen) atoms. The molecule has 2 aromatic carbocycles. The number of ether oxygens (including phenoxy) is 1. The van der Waals surface area contributed by atoms with Gasteiger partial charge in [-0.3, -0.25) is 0 Å². The maximum atomic E-state index is 12.0. The molecule has 3 rings (SSSR count). The topological polar surface area (TPSA) is 127 Å². The third-order valence-corrected chi connectivity index (χ3v) is 4.24. The van der Waals surface area contributed by atoms with Crippen LogP contribution in [0.2, 0.25) is 5.02 Å². The number of H-pyrrole nitrogens is 1. The van der Waals surface area contributed by atoms with Gasteiger partial charge in [0.05, 0.1) is 18.5 Å².